The number of Topliss-reactive ketones (excluding diaryl/α,β-unsaturated/α-hetero) is 1. The Bertz CT molecular complexity index is 1090. The number of para-hydroxylation sites is 1. The molecule has 3 aromatic rings. The fourth-order valence-corrected chi connectivity index (χ4v) is 4.02. The second kappa shape index (κ2) is 8.71. The number of methoxy groups -OCH3 is 1. The molecule has 0 aliphatic rings. The second-order valence-corrected chi connectivity index (χ2v) is 7.77. The summed E-state index contributed by atoms with van der Waals surface area (Å²) in [5.74, 6) is 0.257. The number of ketones is 1. The van der Waals surface area contributed by atoms with E-state index in [1.54, 1.807) is 17.7 Å². The van der Waals surface area contributed by atoms with Gasteiger partial charge in [0.1, 0.15) is 0 Å². The van der Waals surface area contributed by atoms with Crippen molar-refractivity contribution < 1.29 is 9.53 Å². The average Bonchev–Trinajstić information content (AvgIpc) is 2.68. The van der Waals surface area contributed by atoms with Gasteiger partial charge in [-0.3, -0.25) is 14.2 Å². The van der Waals surface area contributed by atoms with E-state index in [-0.39, 0.29) is 17.1 Å². The van der Waals surface area contributed by atoms with Crippen molar-refractivity contribution in [2.24, 2.45) is 0 Å². The number of carbonyl (C=O) groups is 1. The smallest absolute Gasteiger partial charge is 0.262 e. The predicted octanol–water partition coefficient (Wildman–Crippen LogP) is 3.94. The molecule has 1 aromatic heterocycles. The van der Waals surface area contributed by atoms with E-state index < -0.39 is 0 Å². The summed E-state index contributed by atoms with van der Waals surface area (Å²) < 4.78 is 6.73. The lowest BCUT2D eigenvalue weighted by Crippen LogP contribution is -2.25. The molecule has 28 heavy (non-hydrogen) atoms. The second-order valence-electron chi connectivity index (χ2n) is 6.82. The summed E-state index contributed by atoms with van der Waals surface area (Å²) in [5, 5.41) is 1.11. The number of thioether (sulfide) groups is 1. The van der Waals surface area contributed by atoms with Gasteiger partial charge in [-0.2, -0.15) is 0 Å². The molecular weight excluding hydrogens is 372 g/mol. The molecule has 0 unspecified atom stereocenters. The summed E-state index contributed by atoms with van der Waals surface area (Å²) in [7, 11) is 1.60. The first-order valence-electron chi connectivity index (χ1n) is 9.14. The SMILES string of the molecule is COCCn1c(SCC(=O)c2cc(C)c(C)cc2C)nc2ccccc2c1=O. The molecule has 2 aromatic carbocycles. The maximum atomic E-state index is 12.9. The highest BCUT2D eigenvalue weighted by Gasteiger charge is 2.15. The topological polar surface area (TPSA) is 61.2 Å². The molecule has 0 aliphatic heterocycles. The summed E-state index contributed by atoms with van der Waals surface area (Å²) in [6.07, 6.45) is 0. The third-order valence-electron chi connectivity index (χ3n) is 4.82. The Labute approximate surface area is 168 Å². The first kappa shape index (κ1) is 20.3. The van der Waals surface area contributed by atoms with Crippen LogP contribution in [0.25, 0.3) is 10.9 Å². The van der Waals surface area contributed by atoms with Crippen molar-refractivity contribution in [1.82, 2.24) is 9.55 Å². The maximum Gasteiger partial charge on any atom is 0.262 e. The number of benzene rings is 2. The average molecular weight is 397 g/mol. The van der Waals surface area contributed by atoms with Gasteiger partial charge in [-0.15, -0.1) is 0 Å². The van der Waals surface area contributed by atoms with Crippen LogP contribution in [-0.2, 0) is 11.3 Å². The van der Waals surface area contributed by atoms with Crippen molar-refractivity contribution in [3.63, 3.8) is 0 Å². The minimum absolute atomic E-state index is 0.0336. The number of aryl methyl sites for hydroxylation is 3. The van der Waals surface area contributed by atoms with Crippen LogP contribution in [-0.4, -0.2) is 34.8 Å². The van der Waals surface area contributed by atoms with E-state index in [1.165, 1.54) is 17.3 Å². The van der Waals surface area contributed by atoms with E-state index in [2.05, 4.69) is 4.98 Å². The molecule has 3 rings (SSSR count). The van der Waals surface area contributed by atoms with Crippen molar-refractivity contribution in [1.29, 1.82) is 0 Å². The van der Waals surface area contributed by atoms with Crippen LogP contribution < -0.4 is 5.56 Å². The summed E-state index contributed by atoms with van der Waals surface area (Å²) in [4.78, 5) is 30.3. The van der Waals surface area contributed by atoms with Gasteiger partial charge in [-0.25, -0.2) is 4.98 Å². The van der Waals surface area contributed by atoms with Crippen molar-refractivity contribution in [3.05, 3.63) is 69.0 Å². The highest BCUT2D eigenvalue weighted by atomic mass is 32.2. The van der Waals surface area contributed by atoms with Crippen LogP contribution >= 0.6 is 11.8 Å². The minimum Gasteiger partial charge on any atom is -0.383 e. The Balaban J connectivity index is 1.92. The number of hydrogen-bond donors (Lipinski definition) is 0. The van der Waals surface area contributed by atoms with Gasteiger partial charge in [0.25, 0.3) is 5.56 Å². The molecule has 0 fully saturated rings. The summed E-state index contributed by atoms with van der Waals surface area (Å²) in [6.45, 7) is 6.79. The Hall–Kier alpha value is -2.44. The maximum absolute atomic E-state index is 12.9. The molecule has 0 atom stereocenters. The number of rotatable bonds is 7. The van der Waals surface area contributed by atoms with E-state index in [4.69, 9.17) is 4.74 Å². The molecule has 0 saturated heterocycles. The Kier molecular flexibility index (Phi) is 6.31. The Morgan fingerprint density at radius 1 is 1.11 bits per heavy atom. The van der Waals surface area contributed by atoms with E-state index in [1.807, 2.05) is 51.1 Å². The highest BCUT2D eigenvalue weighted by Crippen LogP contribution is 2.22. The third-order valence-corrected chi connectivity index (χ3v) is 5.80. The normalized spacial score (nSPS) is 11.1. The molecule has 5 nitrogen and oxygen atoms in total. The predicted molar refractivity (Wildman–Crippen MR) is 114 cm³/mol. The van der Waals surface area contributed by atoms with Crippen LogP contribution in [0, 0.1) is 20.8 Å². The summed E-state index contributed by atoms with van der Waals surface area (Å²) >= 11 is 1.29. The molecule has 6 heteroatoms. The zero-order valence-corrected chi connectivity index (χ0v) is 17.4. The lowest BCUT2D eigenvalue weighted by Gasteiger charge is -2.13. The van der Waals surface area contributed by atoms with Crippen molar-refractivity contribution in [2.75, 3.05) is 19.5 Å². The van der Waals surface area contributed by atoms with Crippen molar-refractivity contribution >= 4 is 28.4 Å². The van der Waals surface area contributed by atoms with Crippen LogP contribution in [0.2, 0.25) is 0 Å². The zero-order chi connectivity index (χ0) is 20.3. The number of nitrogens with zero attached hydrogens (tertiary/aromatic N) is 2. The number of fused-ring (bicyclic) bond motifs is 1. The van der Waals surface area contributed by atoms with Gasteiger partial charge in [-0.1, -0.05) is 30.0 Å². The molecule has 0 bridgehead atoms. The molecule has 0 amide bonds. The first-order chi connectivity index (χ1) is 13.4. The fraction of sp³-hybridized carbons (Fsp3) is 0.318. The van der Waals surface area contributed by atoms with Gasteiger partial charge >= 0.3 is 0 Å². The highest BCUT2D eigenvalue weighted by molar-refractivity contribution is 7.99. The van der Waals surface area contributed by atoms with E-state index in [0.717, 1.165) is 16.7 Å². The van der Waals surface area contributed by atoms with E-state index in [0.29, 0.717) is 29.2 Å². The van der Waals surface area contributed by atoms with Crippen molar-refractivity contribution in [2.45, 2.75) is 32.5 Å². The lowest BCUT2D eigenvalue weighted by molar-refractivity contribution is 0.102. The van der Waals surface area contributed by atoms with Gasteiger partial charge in [-0.05, 0) is 55.7 Å². The molecule has 1 heterocycles. The number of ether oxygens (including phenoxy) is 1. The van der Waals surface area contributed by atoms with Crippen LogP contribution in [0.5, 0.6) is 0 Å². The summed E-state index contributed by atoms with van der Waals surface area (Å²) in [6, 6.07) is 11.2. The standard InChI is InChI=1S/C22H24N2O3S/c1-14-11-16(3)18(12-15(14)2)20(25)13-28-22-23-19-8-6-5-7-17(19)21(26)24(22)9-10-27-4/h5-8,11-12H,9-10,13H2,1-4H3. The number of aromatic nitrogens is 2. The third kappa shape index (κ3) is 4.18. The van der Waals surface area contributed by atoms with E-state index >= 15 is 0 Å². The molecule has 0 saturated carbocycles. The monoisotopic (exact) mass is 396 g/mol. The number of hydrogen-bond acceptors (Lipinski definition) is 5. The van der Waals surface area contributed by atoms with E-state index in [9.17, 15) is 9.59 Å². The van der Waals surface area contributed by atoms with Crippen LogP contribution in [0.1, 0.15) is 27.0 Å². The number of carbonyl (C=O) groups excluding carboxylic acids is 1. The molecular formula is C22H24N2O3S. The summed E-state index contributed by atoms with van der Waals surface area (Å²) in [5.41, 5.74) is 4.49. The van der Waals surface area contributed by atoms with Gasteiger partial charge in [0.05, 0.1) is 29.8 Å². The van der Waals surface area contributed by atoms with Gasteiger partial charge in [0, 0.05) is 12.7 Å². The minimum atomic E-state index is -0.111. The molecule has 0 radical (unpaired) electrons. The van der Waals surface area contributed by atoms with Gasteiger partial charge in [0.15, 0.2) is 10.9 Å². The Morgan fingerprint density at radius 3 is 2.57 bits per heavy atom. The lowest BCUT2D eigenvalue weighted by atomic mass is 9.99. The van der Waals surface area contributed by atoms with Gasteiger partial charge in [0.2, 0.25) is 0 Å². The fourth-order valence-electron chi connectivity index (χ4n) is 3.11. The quantitative estimate of drug-likeness (QED) is 0.344. The van der Waals surface area contributed by atoms with Gasteiger partial charge < -0.3 is 4.74 Å². The molecule has 0 aliphatic carbocycles. The van der Waals surface area contributed by atoms with Crippen LogP contribution in [0.4, 0.5) is 0 Å². The zero-order valence-electron chi connectivity index (χ0n) is 16.6. The van der Waals surface area contributed by atoms with Crippen LogP contribution in [0.15, 0.2) is 46.3 Å². The molecule has 146 valence electrons. The van der Waals surface area contributed by atoms with Crippen molar-refractivity contribution in [3.8, 4) is 0 Å². The first-order valence-corrected chi connectivity index (χ1v) is 10.1. The molecule has 0 spiro atoms. The molecule has 0 N–H and O–H groups in total. The Morgan fingerprint density at radius 2 is 1.82 bits per heavy atom. The largest absolute Gasteiger partial charge is 0.383 e. The van der Waals surface area contributed by atoms with Crippen LogP contribution in [0.3, 0.4) is 0 Å².